The first-order valence-electron chi connectivity index (χ1n) is 10.1. The summed E-state index contributed by atoms with van der Waals surface area (Å²) in [7, 11) is 0. The first-order valence-corrected chi connectivity index (χ1v) is 10.5. The summed E-state index contributed by atoms with van der Waals surface area (Å²) in [5.41, 5.74) is 1.11. The lowest BCUT2D eigenvalue weighted by Gasteiger charge is -2.34. The molecule has 1 aliphatic rings. The predicted octanol–water partition coefficient (Wildman–Crippen LogP) is 4.43. The second-order valence-corrected chi connectivity index (χ2v) is 7.83. The van der Waals surface area contributed by atoms with Gasteiger partial charge in [0.1, 0.15) is 24.2 Å². The third-order valence-corrected chi connectivity index (χ3v) is 5.65. The van der Waals surface area contributed by atoms with Gasteiger partial charge in [-0.3, -0.25) is 4.79 Å². The lowest BCUT2D eigenvalue weighted by atomic mass is 10.0. The Balaban J connectivity index is 1.48. The van der Waals surface area contributed by atoms with Gasteiger partial charge in [0, 0.05) is 36.8 Å². The largest absolute Gasteiger partial charge is 0.443 e. The van der Waals surface area contributed by atoms with Crippen LogP contribution in [0.2, 0.25) is 5.02 Å². The minimum Gasteiger partial charge on any atom is -0.443 e. The van der Waals surface area contributed by atoms with Crippen LogP contribution in [-0.4, -0.2) is 31.9 Å². The number of hydrogen-bond donors (Lipinski definition) is 0. The molecular formula is C22H25ClN4O2. The molecule has 2 aromatic heterocycles. The van der Waals surface area contributed by atoms with Crippen molar-refractivity contribution in [3.8, 4) is 0 Å². The van der Waals surface area contributed by atoms with Crippen LogP contribution in [0.15, 0.2) is 47.3 Å². The first-order chi connectivity index (χ1) is 14.1. The van der Waals surface area contributed by atoms with Gasteiger partial charge in [0.2, 0.25) is 11.8 Å². The zero-order valence-electron chi connectivity index (χ0n) is 16.6. The topological polar surface area (TPSA) is 64.2 Å². The number of imidazole rings is 1. The third-order valence-electron chi connectivity index (χ3n) is 5.39. The Morgan fingerprint density at radius 3 is 2.86 bits per heavy atom. The quantitative estimate of drug-likeness (QED) is 0.600. The highest BCUT2D eigenvalue weighted by atomic mass is 35.5. The Bertz CT molecular complexity index is 963. The number of oxazole rings is 1. The maximum absolute atomic E-state index is 13.0. The summed E-state index contributed by atoms with van der Waals surface area (Å²) in [5, 5.41) is 0.715. The fourth-order valence-corrected chi connectivity index (χ4v) is 4.01. The molecule has 0 saturated carbocycles. The molecule has 0 unspecified atom stereocenters. The number of carbonyl (C=O) groups excluding carboxylic acids is 1. The van der Waals surface area contributed by atoms with Crippen molar-refractivity contribution in [2.45, 2.75) is 51.6 Å². The molecule has 1 amide bonds. The maximum Gasteiger partial charge on any atom is 0.243 e. The molecule has 3 heterocycles. The van der Waals surface area contributed by atoms with E-state index in [0.717, 1.165) is 49.4 Å². The molecule has 0 radical (unpaired) electrons. The average Bonchev–Trinajstić information content (AvgIpc) is 3.39. The molecule has 0 bridgehead atoms. The summed E-state index contributed by atoms with van der Waals surface area (Å²) in [6, 6.07) is 7.60. The second kappa shape index (κ2) is 8.82. The molecule has 1 saturated heterocycles. The molecule has 6 nitrogen and oxygen atoms in total. The first kappa shape index (κ1) is 19.7. The Kier molecular flexibility index (Phi) is 6.00. The van der Waals surface area contributed by atoms with Crippen molar-refractivity contribution in [1.29, 1.82) is 0 Å². The van der Waals surface area contributed by atoms with Gasteiger partial charge in [0.25, 0.3) is 0 Å². The number of piperidine rings is 1. The van der Waals surface area contributed by atoms with E-state index in [1.165, 1.54) is 0 Å². The molecular weight excluding hydrogens is 388 g/mol. The van der Waals surface area contributed by atoms with Crippen LogP contribution >= 0.6 is 11.6 Å². The summed E-state index contributed by atoms with van der Waals surface area (Å²) in [5.74, 6) is 2.43. The lowest BCUT2D eigenvalue weighted by molar-refractivity contribution is -0.136. The van der Waals surface area contributed by atoms with Crippen molar-refractivity contribution in [3.05, 3.63) is 70.9 Å². The standard InChI is InChI=1S/C22H25ClN4O2/c1-2-20-24-10-12-26(20)15-21(28)27-11-4-3-5-19(27)22-25-14-18(29-22)13-16-6-8-17(23)9-7-16/h6-10,12,14,19H,2-5,11,13,15H2,1H3/t19-/m1/s1. The van der Waals surface area contributed by atoms with Crippen molar-refractivity contribution in [2.75, 3.05) is 6.54 Å². The molecule has 1 atom stereocenters. The Morgan fingerprint density at radius 1 is 1.24 bits per heavy atom. The van der Waals surface area contributed by atoms with Crippen molar-refractivity contribution in [3.63, 3.8) is 0 Å². The molecule has 0 aliphatic carbocycles. The van der Waals surface area contributed by atoms with Crippen LogP contribution in [0.1, 0.15) is 55.3 Å². The number of carbonyl (C=O) groups is 1. The van der Waals surface area contributed by atoms with Gasteiger partial charge in [-0.05, 0) is 37.0 Å². The van der Waals surface area contributed by atoms with Crippen LogP contribution < -0.4 is 0 Å². The number of aryl methyl sites for hydroxylation is 1. The highest BCUT2D eigenvalue weighted by Crippen LogP contribution is 2.31. The molecule has 29 heavy (non-hydrogen) atoms. The van der Waals surface area contributed by atoms with Crippen LogP contribution in [0.3, 0.4) is 0 Å². The molecule has 1 fully saturated rings. The average molecular weight is 413 g/mol. The van der Waals surface area contributed by atoms with Crippen LogP contribution in [0.5, 0.6) is 0 Å². The third kappa shape index (κ3) is 4.53. The van der Waals surface area contributed by atoms with E-state index in [4.69, 9.17) is 16.0 Å². The van der Waals surface area contributed by atoms with E-state index in [9.17, 15) is 4.79 Å². The minimum absolute atomic E-state index is 0.0832. The van der Waals surface area contributed by atoms with Gasteiger partial charge < -0.3 is 13.9 Å². The van der Waals surface area contributed by atoms with Gasteiger partial charge in [0.15, 0.2) is 0 Å². The zero-order valence-corrected chi connectivity index (χ0v) is 17.3. The van der Waals surface area contributed by atoms with E-state index >= 15 is 0 Å². The normalized spacial score (nSPS) is 16.9. The molecule has 0 spiro atoms. The van der Waals surface area contributed by atoms with E-state index in [2.05, 4.69) is 9.97 Å². The van der Waals surface area contributed by atoms with Crippen LogP contribution in [-0.2, 0) is 24.2 Å². The van der Waals surface area contributed by atoms with Gasteiger partial charge in [-0.1, -0.05) is 30.7 Å². The number of nitrogens with zero attached hydrogens (tertiary/aromatic N) is 4. The Morgan fingerprint density at radius 2 is 2.07 bits per heavy atom. The van der Waals surface area contributed by atoms with Gasteiger partial charge in [-0.15, -0.1) is 0 Å². The minimum atomic E-state index is -0.108. The molecule has 7 heteroatoms. The van der Waals surface area contributed by atoms with Crippen LogP contribution in [0.4, 0.5) is 0 Å². The number of aromatic nitrogens is 3. The monoisotopic (exact) mass is 412 g/mol. The van der Waals surface area contributed by atoms with Crippen molar-refractivity contribution < 1.29 is 9.21 Å². The van der Waals surface area contributed by atoms with E-state index in [1.54, 1.807) is 12.4 Å². The highest BCUT2D eigenvalue weighted by Gasteiger charge is 2.31. The van der Waals surface area contributed by atoms with E-state index in [-0.39, 0.29) is 11.9 Å². The summed E-state index contributed by atoms with van der Waals surface area (Å²) < 4.78 is 7.99. The molecule has 4 rings (SSSR count). The van der Waals surface area contributed by atoms with Gasteiger partial charge in [0.05, 0.1) is 6.20 Å². The highest BCUT2D eigenvalue weighted by molar-refractivity contribution is 6.30. The Hall–Kier alpha value is -2.60. The van der Waals surface area contributed by atoms with Crippen molar-refractivity contribution in [1.82, 2.24) is 19.4 Å². The van der Waals surface area contributed by atoms with Crippen molar-refractivity contribution >= 4 is 17.5 Å². The molecule has 152 valence electrons. The summed E-state index contributed by atoms with van der Waals surface area (Å²) in [4.78, 5) is 23.8. The fraction of sp³-hybridized carbons (Fsp3) is 0.409. The smallest absolute Gasteiger partial charge is 0.243 e. The second-order valence-electron chi connectivity index (χ2n) is 7.39. The number of halogens is 1. The summed E-state index contributed by atoms with van der Waals surface area (Å²) in [6.45, 7) is 3.08. The van der Waals surface area contributed by atoms with E-state index in [0.29, 0.717) is 23.9 Å². The number of benzene rings is 1. The molecule has 1 aliphatic heterocycles. The molecule has 0 N–H and O–H groups in total. The molecule has 3 aromatic rings. The van der Waals surface area contributed by atoms with Gasteiger partial charge in [-0.25, -0.2) is 9.97 Å². The van der Waals surface area contributed by atoms with Crippen LogP contribution in [0, 0.1) is 0 Å². The predicted molar refractivity (Wildman–Crippen MR) is 111 cm³/mol. The van der Waals surface area contributed by atoms with Gasteiger partial charge in [-0.2, -0.15) is 0 Å². The van der Waals surface area contributed by atoms with Crippen molar-refractivity contribution in [2.24, 2.45) is 0 Å². The van der Waals surface area contributed by atoms with E-state index < -0.39 is 0 Å². The number of likely N-dealkylation sites (tertiary alicyclic amines) is 1. The number of amides is 1. The molecule has 1 aromatic carbocycles. The fourth-order valence-electron chi connectivity index (χ4n) is 3.88. The Labute approximate surface area is 175 Å². The zero-order chi connectivity index (χ0) is 20.2. The SMILES string of the molecule is CCc1nccn1CC(=O)N1CCCC[C@@H]1c1ncc(Cc2ccc(Cl)cc2)o1. The maximum atomic E-state index is 13.0. The van der Waals surface area contributed by atoms with E-state index in [1.807, 2.05) is 46.9 Å². The van der Waals surface area contributed by atoms with Crippen LogP contribution in [0.25, 0.3) is 0 Å². The number of rotatable bonds is 6. The number of hydrogen-bond acceptors (Lipinski definition) is 4. The summed E-state index contributed by atoms with van der Waals surface area (Å²) in [6.07, 6.45) is 9.78. The summed E-state index contributed by atoms with van der Waals surface area (Å²) >= 11 is 5.96. The van der Waals surface area contributed by atoms with Gasteiger partial charge >= 0.3 is 0 Å². The lowest BCUT2D eigenvalue weighted by Crippen LogP contribution is -2.40.